The average molecular weight is 403 g/mol. The number of carbonyl (C=O) groups excluding carboxylic acids is 1. The fourth-order valence-electron chi connectivity index (χ4n) is 4.10. The van der Waals surface area contributed by atoms with Gasteiger partial charge in [0.15, 0.2) is 0 Å². The molecule has 5 heteroatoms. The number of hydrogen-bond donors (Lipinski definition) is 0. The van der Waals surface area contributed by atoms with Gasteiger partial charge in [-0.05, 0) is 49.6 Å². The van der Waals surface area contributed by atoms with E-state index in [-0.39, 0.29) is 5.91 Å². The van der Waals surface area contributed by atoms with Crippen LogP contribution in [0, 0.1) is 13.8 Å². The van der Waals surface area contributed by atoms with E-state index in [0.29, 0.717) is 6.42 Å². The molecule has 4 rings (SSSR count). The lowest BCUT2D eigenvalue weighted by Crippen LogP contribution is -2.48. The van der Waals surface area contributed by atoms with Gasteiger partial charge in [0, 0.05) is 44.8 Å². The van der Waals surface area contributed by atoms with Crippen LogP contribution in [-0.4, -0.2) is 51.7 Å². The summed E-state index contributed by atoms with van der Waals surface area (Å²) in [7, 11) is 0. The molecular formula is C25H30N4O. The summed E-state index contributed by atoms with van der Waals surface area (Å²) in [4.78, 5) is 17.1. The van der Waals surface area contributed by atoms with Crippen LogP contribution >= 0.6 is 0 Å². The lowest BCUT2D eigenvalue weighted by atomic mass is 10.1. The predicted octanol–water partition coefficient (Wildman–Crippen LogP) is 3.77. The van der Waals surface area contributed by atoms with Crippen molar-refractivity contribution < 1.29 is 4.79 Å². The maximum absolute atomic E-state index is 12.7. The third-order valence-corrected chi connectivity index (χ3v) is 5.79. The van der Waals surface area contributed by atoms with Crippen molar-refractivity contribution in [3.8, 4) is 5.69 Å². The molecule has 156 valence electrons. The van der Waals surface area contributed by atoms with E-state index >= 15 is 0 Å². The molecule has 0 radical (unpaired) electrons. The summed E-state index contributed by atoms with van der Waals surface area (Å²) in [6.45, 7) is 8.56. The number of piperazine rings is 1. The molecule has 2 aromatic carbocycles. The van der Waals surface area contributed by atoms with Gasteiger partial charge in [0.2, 0.25) is 5.91 Å². The topological polar surface area (TPSA) is 41.4 Å². The summed E-state index contributed by atoms with van der Waals surface area (Å²) < 4.78 is 1.96. The maximum atomic E-state index is 12.7. The Bertz CT molecular complexity index is 970. The van der Waals surface area contributed by atoms with Gasteiger partial charge in [-0.15, -0.1) is 0 Å². The minimum atomic E-state index is 0.261. The fraction of sp³-hybridized carbons (Fsp3) is 0.360. The van der Waals surface area contributed by atoms with E-state index in [1.54, 1.807) is 0 Å². The second-order valence-electron chi connectivity index (χ2n) is 8.15. The van der Waals surface area contributed by atoms with Crippen LogP contribution in [0.15, 0.2) is 60.7 Å². The lowest BCUT2D eigenvalue weighted by Gasteiger charge is -2.34. The van der Waals surface area contributed by atoms with Crippen molar-refractivity contribution in [2.75, 3.05) is 26.2 Å². The Morgan fingerprint density at radius 1 is 0.900 bits per heavy atom. The van der Waals surface area contributed by atoms with Crippen LogP contribution in [0.3, 0.4) is 0 Å². The van der Waals surface area contributed by atoms with Gasteiger partial charge in [0.05, 0.1) is 11.4 Å². The first kappa shape index (κ1) is 20.4. The first-order valence-electron chi connectivity index (χ1n) is 10.7. The molecule has 0 spiro atoms. The summed E-state index contributed by atoms with van der Waals surface area (Å²) in [6.07, 6.45) is 1.35. The highest BCUT2D eigenvalue weighted by Crippen LogP contribution is 2.15. The molecule has 1 aliphatic rings. The minimum absolute atomic E-state index is 0.261. The number of rotatable bonds is 6. The van der Waals surface area contributed by atoms with Gasteiger partial charge in [-0.2, -0.15) is 5.10 Å². The van der Waals surface area contributed by atoms with Gasteiger partial charge >= 0.3 is 0 Å². The molecule has 0 aliphatic carbocycles. The van der Waals surface area contributed by atoms with Crippen LogP contribution in [0.2, 0.25) is 0 Å². The largest absolute Gasteiger partial charge is 0.340 e. The standard InChI is InChI=1S/C25H30N4O/c1-20-18-21(2)29(26-20)24-11-8-22(9-12-24)10-13-25(30)28-16-14-27(15-17-28)19-23-6-4-3-5-7-23/h3-9,11-12,18H,10,13-17,19H2,1-2H3. The molecule has 2 heterocycles. The summed E-state index contributed by atoms with van der Waals surface area (Å²) in [5.41, 5.74) is 5.73. The number of benzene rings is 2. The molecule has 1 fully saturated rings. The van der Waals surface area contributed by atoms with Crippen molar-refractivity contribution in [2.24, 2.45) is 0 Å². The molecule has 0 bridgehead atoms. The Morgan fingerprint density at radius 3 is 2.23 bits per heavy atom. The van der Waals surface area contributed by atoms with Crippen molar-refractivity contribution in [2.45, 2.75) is 33.2 Å². The molecule has 0 unspecified atom stereocenters. The molecular weight excluding hydrogens is 372 g/mol. The molecule has 5 nitrogen and oxygen atoms in total. The summed E-state index contributed by atoms with van der Waals surface area (Å²) in [5, 5.41) is 4.53. The van der Waals surface area contributed by atoms with Crippen molar-refractivity contribution >= 4 is 5.91 Å². The average Bonchev–Trinajstić information content (AvgIpc) is 3.11. The SMILES string of the molecule is Cc1cc(C)n(-c2ccc(CCC(=O)N3CCN(Cc4ccccc4)CC3)cc2)n1. The molecule has 1 aliphatic heterocycles. The Hall–Kier alpha value is -2.92. The highest BCUT2D eigenvalue weighted by Gasteiger charge is 2.20. The van der Waals surface area contributed by atoms with Crippen molar-refractivity contribution in [3.63, 3.8) is 0 Å². The van der Waals surface area contributed by atoms with E-state index in [9.17, 15) is 4.79 Å². The number of amides is 1. The number of carbonyl (C=O) groups is 1. The summed E-state index contributed by atoms with van der Waals surface area (Å²) in [5.74, 6) is 0.261. The molecule has 0 N–H and O–H groups in total. The Kier molecular flexibility index (Phi) is 6.29. The van der Waals surface area contributed by atoms with Crippen molar-refractivity contribution in [1.82, 2.24) is 19.6 Å². The van der Waals surface area contributed by atoms with Crippen LogP contribution in [0.1, 0.15) is 28.9 Å². The van der Waals surface area contributed by atoms with E-state index in [1.807, 2.05) is 22.6 Å². The Labute approximate surface area is 178 Å². The number of hydrogen-bond acceptors (Lipinski definition) is 3. The molecule has 1 saturated heterocycles. The normalized spacial score (nSPS) is 14.8. The Balaban J connectivity index is 1.24. The smallest absolute Gasteiger partial charge is 0.222 e. The zero-order valence-electron chi connectivity index (χ0n) is 17.9. The van der Waals surface area contributed by atoms with Crippen molar-refractivity contribution in [1.29, 1.82) is 0 Å². The van der Waals surface area contributed by atoms with Gasteiger partial charge < -0.3 is 4.90 Å². The van der Waals surface area contributed by atoms with E-state index in [0.717, 1.165) is 56.2 Å². The highest BCUT2D eigenvalue weighted by molar-refractivity contribution is 5.76. The third-order valence-electron chi connectivity index (χ3n) is 5.79. The number of nitrogens with zero attached hydrogens (tertiary/aromatic N) is 4. The third kappa shape index (κ3) is 4.97. The van der Waals surface area contributed by atoms with Crippen LogP contribution in [0.4, 0.5) is 0 Å². The van der Waals surface area contributed by atoms with Crippen LogP contribution in [0.5, 0.6) is 0 Å². The first-order chi connectivity index (χ1) is 14.6. The second kappa shape index (κ2) is 9.26. The van der Waals surface area contributed by atoms with Gasteiger partial charge in [-0.25, -0.2) is 4.68 Å². The van der Waals surface area contributed by atoms with Gasteiger partial charge in [0.1, 0.15) is 0 Å². The van der Waals surface area contributed by atoms with E-state index < -0.39 is 0 Å². The fourth-order valence-corrected chi connectivity index (χ4v) is 4.10. The zero-order chi connectivity index (χ0) is 20.9. The molecule has 3 aromatic rings. The summed E-state index contributed by atoms with van der Waals surface area (Å²) >= 11 is 0. The molecule has 0 saturated carbocycles. The quantitative estimate of drug-likeness (QED) is 0.630. The van der Waals surface area contributed by atoms with Crippen molar-refractivity contribution in [3.05, 3.63) is 83.2 Å². The van der Waals surface area contributed by atoms with Gasteiger partial charge in [-0.1, -0.05) is 42.5 Å². The summed E-state index contributed by atoms with van der Waals surface area (Å²) in [6, 6.07) is 21.0. The zero-order valence-corrected chi connectivity index (χ0v) is 17.9. The molecule has 1 amide bonds. The van der Waals surface area contributed by atoms with E-state index in [2.05, 4.69) is 71.5 Å². The van der Waals surface area contributed by atoms with Gasteiger partial charge in [-0.3, -0.25) is 9.69 Å². The number of aryl methyl sites for hydroxylation is 3. The Morgan fingerprint density at radius 2 is 1.60 bits per heavy atom. The monoisotopic (exact) mass is 402 g/mol. The van der Waals surface area contributed by atoms with Crippen LogP contribution in [0.25, 0.3) is 5.69 Å². The first-order valence-corrected chi connectivity index (χ1v) is 10.7. The van der Waals surface area contributed by atoms with E-state index in [1.165, 1.54) is 11.1 Å². The van der Waals surface area contributed by atoms with E-state index in [4.69, 9.17) is 0 Å². The molecule has 30 heavy (non-hydrogen) atoms. The molecule has 0 atom stereocenters. The lowest BCUT2D eigenvalue weighted by molar-refractivity contribution is -0.133. The molecule has 1 aromatic heterocycles. The minimum Gasteiger partial charge on any atom is -0.340 e. The highest BCUT2D eigenvalue weighted by atomic mass is 16.2. The van der Waals surface area contributed by atoms with Crippen LogP contribution in [-0.2, 0) is 17.8 Å². The van der Waals surface area contributed by atoms with Crippen LogP contribution < -0.4 is 0 Å². The second-order valence-corrected chi connectivity index (χ2v) is 8.15. The van der Waals surface area contributed by atoms with Gasteiger partial charge in [0.25, 0.3) is 0 Å². The maximum Gasteiger partial charge on any atom is 0.222 e. The number of aromatic nitrogens is 2. The predicted molar refractivity (Wildman–Crippen MR) is 120 cm³/mol.